The Kier molecular flexibility index (Phi) is 2.82. The minimum atomic E-state index is 0.528. The van der Waals surface area contributed by atoms with Crippen LogP contribution < -0.4 is 0 Å². The van der Waals surface area contributed by atoms with Crippen LogP contribution in [0.3, 0.4) is 0 Å². The van der Waals surface area contributed by atoms with E-state index >= 15 is 0 Å². The highest BCUT2D eigenvalue weighted by molar-refractivity contribution is 7.71. The first-order valence-corrected chi connectivity index (χ1v) is 6.83. The van der Waals surface area contributed by atoms with Crippen molar-refractivity contribution in [1.82, 2.24) is 14.8 Å². The van der Waals surface area contributed by atoms with Crippen LogP contribution >= 0.6 is 12.2 Å². The van der Waals surface area contributed by atoms with Gasteiger partial charge in [0.05, 0.1) is 0 Å². The third-order valence-electron chi connectivity index (χ3n) is 3.73. The lowest BCUT2D eigenvalue weighted by Crippen LogP contribution is -2.01. The van der Waals surface area contributed by atoms with Crippen molar-refractivity contribution in [2.45, 2.75) is 38.6 Å². The van der Waals surface area contributed by atoms with E-state index < -0.39 is 0 Å². The normalized spacial score (nSPS) is 22.1. The number of aryl methyl sites for hydroxylation is 1. The summed E-state index contributed by atoms with van der Waals surface area (Å²) in [7, 11) is 0. The van der Waals surface area contributed by atoms with Crippen LogP contribution in [0.25, 0.3) is 0 Å². The molecule has 0 radical (unpaired) electrons. The molecule has 1 heterocycles. The van der Waals surface area contributed by atoms with Gasteiger partial charge in [0.15, 0.2) is 4.77 Å². The number of hydrogen-bond acceptors (Lipinski definition) is 2. The Balaban J connectivity index is 1.85. The van der Waals surface area contributed by atoms with Gasteiger partial charge in [-0.15, -0.1) is 0 Å². The fourth-order valence-corrected chi connectivity index (χ4v) is 2.85. The molecular formula is C14H17N3S. The number of aromatic amines is 1. The van der Waals surface area contributed by atoms with Crippen molar-refractivity contribution in [3.05, 3.63) is 46.0 Å². The molecular weight excluding hydrogens is 242 g/mol. The number of H-pyrrole nitrogens is 1. The number of nitrogens with zero attached hydrogens (tertiary/aromatic N) is 2. The molecule has 0 spiro atoms. The van der Waals surface area contributed by atoms with Crippen LogP contribution in [0.4, 0.5) is 0 Å². The summed E-state index contributed by atoms with van der Waals surface area (Å²) in [6.07, 6.45) is 1.18. The van der Waals surface area contributed by atoms with E-state index in [1.54, 1.807) is 0 Å². The predicted molar refractivity (Wildman–Crippen MR) is 74.4 cm³/mol. The van der Waals surface area contributed by atoms with E-state index in [2.05, 4.69) is 52.9 Å². The second-order valence-electron chi connectivity index (χ2n) is 4.99. The zero-order valence-corrected chi connectivity index (χ0v) is 11.5. The van der Waals surface area contributed by atoms with Crippen molar-refractivity contribution in [2.75, 3.05) is 0 Å². The summed E-state index contributed by atoms with van der Waals surface area (Å²) in [5.74, 6) is 2.26. The predicted octanol–water partition coefficient (Wildman–Crippen LogP) is 3.54. The number of rotatable bonds is 3. The molecule has 1 aromatic heterocycles. The fraction of sp³-hybridized carbons (Fsp3) is 0.429. The van der Waals surface area contributed by atoms with Crippen LogP contribution in [0, 0.1) is 11.7 Å². The SMILES string of the molecule is CCn1c([C@@H]2C[C@H]2c2ccc(C)cc2)n[nH]c1=S. The summed E-state index contributed by atoms with van der Waals surface area (Å²) in [4.78, 5) is 0. The summed E-state index contributed by atoms with van der Waals surface area (Å²) in [5, 5.41) is 7.29. The largest absolute Gasteiger partial charge is 0.304 e. The fourth-order valence-electron chi connectivity index (χ4n) is 2.58. The van der Waals surface area contributed by atoms with Crippen LogP contribution in [0.2, 0.25) is 0 Å². The van der Waals surface area contributed by atoms with Crippen LogP contribution in [-0.4, -0.2) is 14.8 Å². The highest BCUT2D eigenvalue weighted by atomic mass is 32.1. The second kappa shape index (κ2) is 4.35. The molecule has 1 aliphatic carbocycles. The molecule has 1 aromatic carbocycles. The number of benzene rings is 1. The number of aromatic nitrogens is 3. The summed E-state index contributed by atoms with van der Waals surface area (Å²) in [5.41, 5.74) is 2.73. The number of hydrogen-bond donors (Lipinski definition) is 1. The van der Waals surface area contributed by atoms with Gasteiger partial charge in [-0.25, -0.2) is 0 Å². The molecule has 0 amide bonds. The van der Waals surface area contributed by atoms with Crippen molar-refractivity contribution in [3.63, 3.8) is 0 Å². The van der Waals surface area contributed by atoms with Crippen LogP contribution in [0.15, 0.2) is 24.3 Å². The molecule has 1 saturated carbocycles. The van der Waals surface area contributed by atoms with Gasteiger partial charge in [-0.05, 0) is 44.0 Å². The van der Waals surface area contributed by atoms with Gasteiger partial charge in [-0.3, -0.25) is 5.10 Å². The quantitative estimate of drug-likeness (QED) is 0.855. The van der Waals surface area contributed by atoms with Crippen LogP contribution in [0.5, 0.6) is 0 Å². The van der Waals surface area contributed by atoms with Gasteiger partial charge in [0.1, 0.15) is 5.82 Å². The molecule has 0 saturated heterocycles. The molecule has 2 atom stereocenters. The van der Waals surface area contributed by atoms with E-state index in [9.17, 15) is 0 Å². The first-order valence-electron chi connectivity index (χ1n) is 6.42. The maximum absolute atomic E-state index is 5.24. The lowest BCUT2D eigenvalue weighted by atomic mass is 10.1. The Morgan fingerprint density at radius 3 is 2.72 bits per heavy atom. The Morgan fingerprint density at radius 1 is 1.33 bits per heavy atom. The Morgan fingerprint density at radius 2 is 2.06 bits per heavy atom. The molecule has 2 aromatic rings. The summed E-state index contributed by atoms with van der Waals surface area (Å²) >= 11 is 5.24. The van der Waals surface area contributed by atoms with Crippen LogP contribution in [0.1, 0.15) is 42.1 Å². The molecule has 94 valence electrons. The van der Waals surface area contributed by atoms with Crippen molar-refractivity contribution < 1.29 is 0 Å². The second-order valence-corrected chi connectivity index (χ2v) is 5.38. The van der Waals surface area contributed by atoms with E-state index in [4.69, 9.17) is 12.2 Å². The Labute approximate surface area is 112 Å². The summed E-state index contributed by atoms with van der Waals surface area (Å²) in [6.45, 7) is 5.12. The van der Waals surface area contributed by atoms with Crippen LogP contribution in [-0.2, 0) is 6.54 Å². The zero-order valence-electron chi connectivity index (χ0n) is 10.7. The molecule has 0 bridgehead atoms. The van der Waals surface area contributed by atoms with Crippen molar-refractivity contribution in [1.29, 1.82) is 0 Å². The third-order valence-corrected chi connectivity index (χ3v) is 4.04. The minimum Gasteiger partial charge on any atom is -0.304 e. The Bertz CT molecular complexity index is 609. The third kappa shape index (κ3) is 1.90. The van der Waals surface area contributed by atoms with Gasteiger partial charge in [0.25, 0.3) is 0 Å². The van der Waals surface area contributed by atoms with E-state index in [0.29, 0.717) is 11.8 Å². The molecule has 4 heteroatoms. The minimum absolute atomic E-state index is 0.528. The standard InChI is InChI=1S/C14H17N3S/c1-3-17-13(15-16-14(17)18)12-8-11(12)10-6-4-9(2)5-7-10/h4-7,11-12H,3,8H2,1-2H3,(H,16,18)/t11-,12+/m0/s1. The van der Waals surface area contributed by atoms with Gasteiger partial charge >= 0.3 is 0 Å². The van der Waals surface area contributed by atoms with Gasteiger partial charge in [-0.2, -0.15) is 5.10 Å². The monoisotopic (exact) mass is 259 g/mol. The Hall–Kier alpha value is -1.42. The van der Waals surface area contributed by atoms with E-state index in [1.807, 2.05) is 0 Å². The summed E-state index contributed by atoms with van der Waals surface area (Å²) in [6, 6.07) is 8.83. The van der Waals surface area contributed by atoms with E-state index in [1.165, 1.54) is 17.5 Å². The zero-order chi connectivity index (χ0) is 12.7. The molecule has 1 N–H and O–H groups in total. The topological polar surface area (TPSA) is 33.6 Å². The van der Waals surface area contributed by atoms with Gasteiger partial charge < -0.3 is 4.57 Å². The average molecular weight is 259 g/mol. The van der Waals surface area contributed by atoms with Crippen molar-refractivity contribution in [3.8, 4) is 0 Å². The molecule has 0 unspecified atom stereocenters. The van der Waals surface area contributed by atoms with E-state index in [-0.39, 0.29) is 0 Å². The van der Waals surface area contributed by atoms with E-state index in [0.717, 1.165) is 17.1 Å². The smallest absolute Gasteiger partial charge is 0.195 e. The van der Waals surface area contributed by atoms with Gasteiger partial charge in [-0.1, -0.05) is 29.8 Å². The first kappa shape index (κ1) is 11.7. The van der Waals surface area contributed by atoms with Gasteiger partial charge in [0.2, 0.25) is 0 Å². The summed E-state index contributed by atoms with van der Waals surface area (Å²) < 4.78 is 2.84. The highest BCUT2D eigenvalue weighted by Crippen LogP contribution is 2.53. The molecule has 1 aliphatic rings. The lowest BCUT2D eigenvalue weighted by molar-refractivity contribution is 0.687. The average Bonchev–Trinajstić information content (AvgIpc) is 3.07. The lowest BCUT2D eigenvalue weighted by Gasteiger charge is -2.03. The molecule has 3 nitrogen and oxygen atoms in total. The van der Waals surface area contributed by atoms with Gasteiger partial charge in [0, 0.05) is 12.5 Å². The first-order chi connectivity index (χ1) is 8.70. The van der Waals surface area contributed by atoms with Crippen molar-refractivity contribution in [2.24, 2.45) is 0 Å². The molecule has 3 rings (SSSR count). The molecule has 0 aliphatic heterocycles. The maximum atomic E-state index is 5.24. The highest BCUT2D eigenvalue weighted by Gasteiger charge is 2.42. The number of nitrogens with one attached hydrogen (secondary N) is 1. The molecule has 18 heavy (non-hydrogen) atoms. The molecule has 1 fully saturated rings. The van der Waals surface area contributed by atoms with Crippen molar-refractivity contribution >= 4 is 12.2 Å². The maximum Gasteiger partial charge on any atom is 0.195 e.